The number of furan rings is 1. The number of aliphatic imine (C=N–C) groups is 1. The molecule has 1 saturated heterocycles. The van der Waals surface area contributed by atoms with E-state index >= 15 is 0 Å². The van der Waals surface area contributed by atoms with Gasteiger partial charge in [0, 0.05) is 18.3 Å². The summed E-state index contributed by atoms with van der Waals surface area (Å²) in [7, 11) is 3.26. The average Bonchev–Trinajstić information content (AvgIpc) is 3.40. The summed E-state index contributed by atoms with van der Waals surface area (Å²) in [5, 5.41) is 6.68. The molecule has 3 rings (SSSR count). The van der Waals surface area contributed by atoms with Crippen LogP contribution in [0.5, 0.6) is 11.5 Å². The molecule has 7 heteroatoms. The van der Waals surface area contributed by atoms with Crippen LogP contribution in [0.1, 0.15) is 37.3 Å². The Bertz CT molecular complexity index is 812. The maximum atomic E-state index is 5.94. The van der Waals surface area contributed by atoms with Crippen molar-refractivity contribution in [1.29, 1.82) is 0 Å². The van der Waals surface area contributed by atoms with Crippen LogP contribution < -0.4 is 20.1 Å². The minimum absolute atomic E-state index is 0.145. The number of hydrogen-bond donors (Lipinski definition) is 2. The minimum atomic E-state index is 0.145. The molecule has 2 aromatic rings. The molecule has 0 bridgehead atoms. The number of ether oxygens (including phenoxy) is 2. The summed E-state index contributed by atoms with van der Waals surface area (Å²) in [6.45, 7) is 7.60. The first-order chi connectivity index (χ1) is 14.1. The Morgan fingerprint density at radius 1 is 1.14 bits per heavy atom. The number of methoxy groups -OCH3 is 2. The molecule has 29 heavy (non-hydrogen) atoms. The Balaban J connectivity index is 1.77. The second-order valence-corrected chi connectivity index (χ2v) is 7.12. The van der Waals surface area contributed by atoms with Gasteiger partial charge in [-0.2, -0.15) is 0 Å². The van der Waals surface area contributed by atoms with E-state index in [-0.39, 0.29) is 6.04 Å². The zero-order chi connectivity index (χ0) is 20.6. The highest BCUT2D eigenvalue weighted by molar-refractivity contribution is 5.93. The smallest absolute Gasteiger partial charge is 0.195 e. The quantitative estimate of drug-likeness (QED) is 0.519. The molecule has 1 aliphatic rings. The molecule has 158 valence electrons. The second-order valence-electron chi connectivity index (χ2n) is 7.12. The number of rotatable bonds is 8. The molecule has 1 fully saturated rings. The van der Waals surface area contributed by atoms with E-state index in [2.05, 4.69) is 28.5 Å². The van der Waals surface area contributed by atoms with E-state index in [1.54, 1.807) is 14.2 Å². The zero-order valence-corrected chi connectivity index (χ0v) is 17.8. The molecular weight excluding hydrogens is 368 g/mol. The van der Waals surface area contributed by atoms with Gasteiger partial charge in [-0.15, -0.1) is 0 Å². The van der Waals surface area contributed by atoms with E-state index in [1.165, 1.54) is 12.8 Å². The molecule has 0 saturated carbocycles. The maximum Gasteiger partial charge on any atom is 0.195 e. The molecule has 2 heterocycles. The van der Waals surface area contributed by atoms with Crippen LogP contribution >= 0.6 is 0 Å². The monoisotopic (exact) mass is 400 g/mol. The Hall–Kier alpha value is -2.67. The molecule has 0 aliphatic carbocycles. The number of guanidine groups is 1. The van der Waals surface area contributed by atoms with Crippen LogP contribution in [-0.2, 0) is 0 Å². The van der Waals surface area contributed by atoms with Crippen molar-refractivity contribution in [2.24, 2.45) is 4.99 Å². The van der Waals surface area contributed by atoms with Crippen LogP contribution in [-0.4, -0.2) is 51.3 Å². The molecule has 0 spiro atoms. The van der Waals surface area contributed by atoms with Crippen molar-refractivity contribution in [2.45, 2.75) is 32.7 Å². The number of anilines is 1. The van der Waals surface area contributed by atoms with Crippen LogP contribution in [0, 0.1) is 6.92 Å². The van der Waals surface area contributed by atoms with E-state index < -0.39 is 0 Å². The van der Waals surface area contributed by atoms with Crippen molar-refractivity contribution in [2.75, 3.05) is 45.7 Å². The van der Waals surface area contributed by atoms with E-state index in [9.17, 15) is 0 Å². The van der Waals surface area contributed by atoms with Gasteiger partial charge in [-0.1, -0.05) is 0 Å². The molecule has 1 aliphatic heterocycles. The van der Waals surface area contributed by atoms with Gasteiger partial charge < -0.3 is 24.5 Å². The van der Waals surface area contributed by atoms with Crippen LogP contribution in [0.2, 0.25) is 0 Å². The lowest BCUT2D eigenvalue weighted by Gasteiger charge is -2.24. The fourth-order valence-corrected chi connectivity index (χ4v) is 3.61. The van der Waals surface area contributed by atoms with Crippen LogP contribution in [0.15, 0.2) is 39.7 Å². The Morgan fingerprint density at radius 2 is 1.90 bits per heavy atom. The predicted octanol–water partition coefficient (Wildman–Crippen LogP) is 3.82. The molecule has 1 unspecified atom stereocenters. The lowest BCUT2D eigenvalue weighted by Crippen LogP contribution is -2.33. The van der Waals surface area contributed by atoms with E-state index in [4.69, 9.17) is 18.9 Å². The molecule has 7 nitrogen and oxygen atoms in total. The van der Waals surface area contributed by atoms with Crippen molar-refractivity contribution >= 4 is 11.6 Å². The number of likely N-dealkylation sites (tertiary alicyclic amines) is 1. The van der Waals surface area contributed by atoms with Gasteiger partial charge in [-0.25, -0.2) is 0 Å². The van der Waals surface area contributed by atoms with E-state index in [0.29, 0.717) is 18.0 Å². The number of aryl methyl sites for hydroxylation is 1. The second kappa shape index (κ2) is 10.2. The molecule has 2 N–H and O–H groups in total. The highest BCUT2D eigenvalue weighted by Crippen LogP contribution is 2.30. The molecular formula is C22H32N4O3. The fraction of sp³-hybridized carbons (Fsp3) is 0.500. The van der Waals surface area contributed by atoms with E-state index in [1.807, 2.05) is 31.2 Å². The summed E-state index contributed by atoms with van der Waals surface area (Å²) in [6.07, 6.45) is 2.45. The van der Waals surface area contributed by atoms with Crippen LogP contribution in [0.4, 0.5) is 5.69 Å². The van der Waals surface area contributed by atoms with Crippen molar-refractivity contribution in [3.05, 3.63) is 41.9 Å². The van der Waals surface area contributed by atoms with Gasteiger partial charge in [0.15, 0.2) is 17.5 Å². The van der Waals surface area contributed by atoms with Crippen molar-refractivity contribution in [3.8, 4) is 11.5 Å². The molecule has 0 amide bonds. The lowest BCUT2D eigenvalue weighted by atomic mass is 10.2. The standard InChI is InChI=1S/C22H32N4O3/c1-5-23-22(25-17-9-11-20(27-3)21(14-17)28-4)24-15-18(26-12-6-7-13-26)19-10-8-16(2)29-19/h8-11,14,18H,5-7,12-13,15H2,1-4H3,(H2,23,24,25). The summed E-state index contributed by atoms with van der Waals surface area (Å²) in [4.78, 5) is 7.32. The SMILES string of the molecule is CCNC(=NCC(c1ccc(C)o1)N1CCCC1)Nc1ccc(OC)c(OC)c1. The summed E-state index contributed by atoms with van der Waals surface area (Å²) in [6, 6.07) is 9.97. The summed E-state index contributed by atoms with van der Waals surface area (Å²) < 4.78 is 16.7. The average molecular weight is 401 g/mol. The van der Waals surface area contributed by atoms with Gasteiger partial charge in [0.1, 0.15) is 11.5 Å². The van der Waals surface area contributed by atoms with Gasteiger partial charge in [0.05, 0.1) is 26.8 Å². The molecule has 1 atom stereocenters. The van der Waals surface area contributed by atoms with Crippen molar-refractivity contribution in [3.63, 3.8) is 0 Å². The van der Waals surface area contributed by atoms with Crippen molar-refractivity contribution < 1.29 is 13.9 Å². The lowest BCUT2D eigenvalue weighted by molar-refractivity contribution is 0.219. The Kier molecular flexibility index (Phi) is 7.41. The van der Waals surface area contributed by atoms with Crippen LogP contribution in [0.3, 0.4) is 0 Å². The number of hydrogen-bond acceptors (Lipinski definition) is 5. The zero-order valence-electron chi connectivity index (χ0n) is 17.8. The predicted molar refractivity (Wildman–Crippen MR) is 116 cm³/mol. The van der Waals surface area contributed by atoms with Gasteiger partial charge in [0.2, 0.25) is 0 Å². The van der Waals surface area contributed by atoms with Gasteiger partial charge in [-0.3, -0.25) is 9.89 Å². The van der Waals surface area contributed by atoms with Crippen LogP contribution in [0.25, 0.3) is 0 Å². The maximum absolute atomic E-state index is 5.94. The number of benzene rings is 1. The third-order valence-corrected chi connectivity index (χ3v) is 5.08. The van der Waals surface area contributed by atoms with E-state index in [0.717, 1.165) is 42.8 Å². The minimum Gasteiger partial charge on any atom is -0.493 e. The topological polar surface area (TPSA) is 71.3 Å². The first kappa shape index (κ1) is 21.0. The molecule has 1 aromatic carbocycles. The first-order valence-electron chi connectivity index (χ1n) is 10.2. The number of nitrogens with zero attached hydrogens (tertiary/aromatic N) is 2. The summed E-state index contributed by atoms with van der Waals surface area (Å²) in [5.74, 6) is 4.02. The fourth-order valence-electron chi connectivity index (χ4n) is 3.61. The highest BCUT2D eigenvalue weighted by Gasteiger charge is 2.25. The van der Waals surface area contributed by atoms with Crippen molar-refractivity contribution in [1.82, 2.24) is 10.2 Å². The third-order valence-electron chi connectivity index (χ3n) is 5.08. The first-order valence-corrected chi connectivity index (χ1v) is 10.2. The van der Waals surface area contributed by atoms with Gasteiger partial charge in [0.25, 0.3) is 0 Å². The summed E-state index contributed by atoms with van der Waals surface area (Å²) in [5.41, 5.74) is 0.883. The normalized spacial score (nSPS) is 15.9. The third kappa shape index (κ3) is 5.44. The number of nitrogens with one attached hydrogen (secondary N) is 2. The van der Waals surface area contributed by atoms with Gasteiger partial charge >= 0.3 is 0 Å². The van der Waals surface area contributed by atoms with Gasteiger partial charge in [-0.05, 0) is 64.0 Å². The highest BCUT2D eigenvalue weighted by atomic mass is 16.5. The largest absolute Gasteiger partial charge is 0.493 e. The molecule has 1 aromatic heterocycles. The molecule has 0 radical (unpaired) electrons. The summed E-state index contributed by atoms with van der Waals surface area (Å²) >= 11 is 0. The Morgan fingerprint density at radius 3 is 2.52 bits per heavy atom. The Labute approximate surface area is 173 Å².